The second kappa shape index (κ2) is 7.46. The Hall–Kier alpha value is -3.60. The first-order valence-electron chi connectivity index (χ1n) is 12.5. The van der Waals surface area contributed by atoms with Gasteiger partial charge in [0.25, 0.3) is 0 Å². The van der Waals surface area contributed by atoms with Crippen LogP contribution in [0.3, 0.4) is 0 Å². The zero-order valence-electron chi connectivity index (χ0n) is 21.0. The van der Waals surface area contributed by atoms with Gasteiger partial charge in [-0.3, -0.25) is 0 Å². The molecule has 36 heavy (non-hydrogen) atoms. The van der Waals surface area contributed by atoms with E-state index in [0.717, 1.165) is 38.4 Å². The first kappa shape index (κ1) is 21.7. The van der Waals surface area contributed by atoms with E-state index in [9.17, 15) is 0 Å². The molecule has 0 aliphatic carbocycles. The zero-order valence-corrected chi connectivity index (χ0v) is 21.0. The zero-order chi connectivity index (χ0) is 24.7. The third kappa shape index (κ3) is 3.15. The lowest BCUT2D eigenvalue weighted by Gasteiger charge is -2.32. The van der Waals surface area contributed by atoms with E-state index >= 15 is 0 Å². The number of hydrogen-bond donors (Lipinski definition) is 0. The molecule has 5 aromatic carbocycles. The maximum Gasteiger partial charge on any atom is 0.495 e. The lowest BCUT2D eigenvalue weighted by atomic mass is 9.75. The Labute approximate surface area is 210 Å². The second-order valence-electron chi connectivity index (χ2n) is 10.8. The van der Waals surface area contributed by atoms with Gasteiger partial charge in [-0.2, -0.15) is 0 Å². The highest BCUT2D eigenvalue weighted by molar-refractivity contribution is 6.65. The molecule has 0 amide bonds. The van der Waals surface area contributed by atoms with E-state index in [-0.39, 0.29) is 11.2 Å². The van der Waals surface area contributed by atoms with Crippen LogP contribution in [0.1, 0.15) is 27.7 Å². The Morgan fingerprint density at radius 3 is 2.00 bits per heavy atom. The van der Waals surface area contributed by atoms with Crippen LogP contribution in [0.4, 0.5) is 0 Å². The predicted molar refractivity (Wildman–Crippen MR) is 150 cm³/mol. The number of rotatable bonds is 2. The highest BCUT2D eigenvalue weighted by Crippen LogP contribution is 2.39. The van der Waals surface area contributed by atoms with Gasteiger partial charge in [0, 0.05) is 10.8 Å². The minimum Gasteiger partial charge on any atom is -0.456 e. The fraction of sp³-hybridized carbons (Fsp3) is 0.188. The largest absolute Gasteiger partial charge is 0.495 e. The molecular weight excluding hydrogens is 443 g/mol. The topological polar surface area (TPSA) is 31.6 Å². The second-order valence-corrected chi connectivity index (χ2v) is 10.8. The van der Waals surface area contributed by atoms with E-state index in [0.29, 0.717) is 0 Å². The van der Waals surface area contributed by atoms with E-state index in [4.69, 9.17) is 13.7 Å². The van der Waals surface area contributed by atoms with Crippen molar-refractivity contribution in [3.05, 3.63) is 91.0 Å². The van der Waals surface area contributed by atoms with Crippen molar-refractivity contribution >= 4 is 56.1 Å². The fourth-order valence-electron chi connectivity index (χ4n) is 5.39. The summed E-state index contributed by atoms with van der Waals surface area (Å²) in [5.41, 5.74) is 4.47. The third-order valence-electron chi connectivity index (χ3n) is 8.11. The molecule has 176 valence electrons. The van der Waals surface area contributed by atoms with Gasteiger partial charge in [-0.05, 0) is 90.1 Å². The maximum atomic E-state index is 6.40. The van der Waals surface area contributed by atoms with Crippen molar-refractivity contribution in [2.75, 3.05) is 0 Å². The monoisotopic (exact) mass is 470 g/mol. The molecule has 6 aromatic rings. The van der Waals surface area contributed by atoms with E-state index in [2.05, 4.69) is 119 Å². The lowest BCUT2D eigenvalue weighted by Crippen LogP contribution is -2.41. The van der Waals surface area contributed by atoms with E-state index in [1.807, 2.05) is 0 Å². The van der Waals surface area contributed by atoms with Crippen LogP contribution in [-0.4, -0.2) is 18.3 Å². The van der Waals surface area contributed by atoms with Gasteiger partial charge in [-0.25, -0.2) is 0 Å². The quantitative estimate of drug-likeness (QED) is 0.242. The minimum atomic E-state index is -0.400. The standard InChI is InChI=1S/C32H27BO3/c1-31(2)32(3,4)36-33(35-31)28-14-8-12-24-23(11-7-13-25(24)28)22-15-16-29-26(18-22)27-17-20-9-5-6-10-21(20)19-30(27)34-29/h5-19H,1-4H3. The van der Waals surface area contributed by atoms with Crippen molar-refractivity contribution in [2.24, 2.45) is 0 Å². The normalized spacial score (nSPS) is 17.1. The van der Waals surface area contributed by atoms with Gasteiger partial charge in [0.05, 0.1) is 11.2 Å². The van der Waals surface area contributed by atoms with Crippen molar-refractivity contribution in [3.8, 4) is 11.1 Å². The average Bonchev–Trinajstić information content (AvgIpc) is 3.33. The Morgan fingerprint density at radius 1 is 0.556 bits per heavy atom. The van der Waals surface area contributed by atoms with Crippen molar-refractivity contribution in [3.63, 3.8) is 0 Å². The smallest absolute Gasteiger partial charge is 0.456 e. The summed E-state index contributed by atoms with van der Waals surface area (Å²) in [7, 11) is -0.400. The van der Waals surface area contributed by atoms with Gasteiger partial charge in [0.2, 0.25) is 0 Å². The molecule has 2 heterocycles. The summed E-state index contributed by atoms with van der Waals surface area (Å²) in [5, 5.41) is 7.01. The number of furan rings is 1. The molecule has 1 aliphatic rings. The summed E-state index contributed by atoms with van der Waals surface area (Å²) < 4.78 is 19.0. The Kier molecular flexibility index (Phi) is 4.49. The van der Waals surface area contributed by atoms with Crippen LogP contribution < -0.4 is 5.46 Å². The molecular formula is C32H27BO3. The predicted octanol–water partition coefficient (Wildman–Crippen LogP) is 7.86. The molecule has 3 nitrogen and oxygen atoms in total. The average molecular weight is 470 g/mol. The molecule has 7 rings (SSSR count). The lowest BCUT2D eigenvalue weighted by molar-refractivity contribution is 0.00578. The molecule has 0 bridgehead atoms. The highest BCUT2D eigenvalue weighted by Gasteiger charge is 2.52. The van der Waals surface area contributed by atoms with Crippen molar-refractivity contribution in [1.82, 2.24) is 0 Å². The summed E-state index contributed by atoms with van der Waals surface area (Å²) in [6.45, 7) is 8.38. The van der Waals surface area contributed by atoms with Crippen molar-refractivity contribution in [2.45, 2.75) is 38.9 Å². The van der Waals surface area contributed by atoms with Crippen molar-refractivity contribution < 1.29 is 13.7 Å². The van der Waals surface area contributed by atoms with Gasteiger partial charge >= 0.3 is 7.12 Å². The molecule has 1 fully saturated rings. The molecule has 1 aliphatic heterocycles. The molecule has 0 atom stereocenters. The molecule has 0 spiro atoms. The number of hydrogen-bond acceptors (Lipinski definition) is 3. The van der Waals surface area contributed by atoms with E-state index in [1.165, 1.54) is 21.7 Å². The summed E-state index contributed by atoms with van der Waals surface area (Å²) in [4.78, 5) is 0. The number of benzene rings is 5. The SMILES string of the molecule is CC1(C)OB(c2cccc3c(-c4ccc5oc6cc7ccccc7cc6c5c4)cccc23)OC1(C)C. The van der Waals surface area contributed by atoms with Gasteiger partial charge in [-0.1, -0.05) is 66.7 Å². The number of fused-ring (bicyclic) bond motifs is 5. The first-order chi connectivity index (χ1) is 17.3. The first-order valence-corrected chi connectivity index (χ1v) is 12.5. The maximum absolute atomic E-state index is 6.40. The third-order valence-corrected chi connectivity index (χ3v) is 8.11. The fourth-order valence-corrected chi connectivity index (χ4v) is 5.39. The molecule has 0 radical (unpaired) electrons. The molecule has 1 aromatic heterocycles. The Morgan fingerprint density at radius 2 is 1.22 bits per heavy atom. The summed E-state index contributed by atoms with van der Waals surface area (Å²) in [6.07, 6.45) is 0. The summed E-state index contributed by atoms with van der Waals surface area (Å²) >= 11 is 0. The van der Waals surface area contributed by atoms with Crippen molar-refractivity contribution in [1.29, 1.82) is 0 Å². The van der Waals surface area contributed by atoms with Crippen LogP contribution in [-0.2, 0) is 9.31 Å². The Bertz CT molecular complexity index is 1800. The minimum absolute atomic E-state index is 0.380. The molecule has 0 saturated carbocycles. The van der Waals surface area contributed by atoms with Crippen LogP contribution in [0.15, 0.2) is 95.4 Å². The molecule has 0 unspecified atom stereocenters. The van der Waals surface area contributed by atoms with Crippen LogP contribution in [0.25, 0.3) is 54.6 Å². The van der Waals surface area contributed by atoms with Crippen LogP contribution >= 0.6 is 0 Å². The summed E-state index contributed by atoms with van der Waals surface area (Å²) in [6, 6.07) is 32.2. The van der Waals surface area contributed by atoms with Gasteiger partial charge in [0.15, 0.2) is 0 Å². The molecule has 1 saturated heterocycles. The highest BCUT2D eigenvalue weighted by atomic mass is 16.7. The van der Waals surface area contributed by atoms with E-state index in [1.54, 1.807) is 0 Å². The van der Waals surface area contributed by atoms with Gasteiger partial charge < -0.3 is 13.7 Å². The van der Waals surface area contributed by atoms with Gasteiger partial charge in [0.1, 0.15) is 11.2 Å². The van der Waals surface area contributed by atoms with E-state index < -0.39 is 7.12 Å². The molecule has 4 heteroatoms. The van der Waals surface area contributed by atoms with Crippen LogP contribution in [0.5, 0.6) is 0 Å². The van der Waals surface area contributed by atoms with Crippen LogP contribution in [0.2, 0.25) is 0 Å². The Balaban J connectivity index is 1.39. The van der Waals surface area contributed by atoms with Gasteiger partial charge in [-0.15, -0.1) is 0 Å². The summed E-state index contributed by atoms with van der Waals surface area (Å²) in [5.74, 6) is 0. The molecule has 0 N–H and O–H groups in total. The van der Waals surface area contributed by atoms with Crippen LogP contribution in [0, 0.1) is 0 Å².